The predicted molar refractivity (Wildman–Crippen MR) is 241 cm³/mol. The van der Waals surface area contributed by atoms with E-state index in [2.05, 4.69) is 10.6 Å². The van der Waals surface area contributed by atoms with E-state index in [1.54, 1.807) is 32.9 Å². The molecule has 2 amide bonds. The highest BCUT2D eigenvalue weighted by molar-refractivity contribution is 5.94. The molecule has 4 heterocycles. The van der Waals surface area contributed by atoms with Gasteiger partial charge in [0.05, 0.1) is 32.4 Å². The van der Waals surface area contributed by atoms with E-state index in [0.717, 1.165) is 11.1 Å². The highest BCUT2D eigenvalue weighted by Crippen LogP contribution is 2.59. The second-order valence-electron chi connectivity index (χ2n) is 19.0. The van der Waals surface area contributed by atoms with Gasteiger partial charge in [0.1, 0.15) is 59.8 Å². The summed E-state index contributed by atoms with van der Waals surface area (Å²) in [6.07, 6.45) is -7.30. The molecule has 69 heavy (non-hydrogen) atoms. The highest BCUT2D eigenvalue weighted by atomic mass is 16.8. The summed E-state index contributed by atoms with van der Waals surface area (Å²) in [7, 11) is 0. The normalized spacial score (nSPS) is 30.9. The van der Waals surface area contributed by atoms with Gasteiger partial charge in [-0.15, -0.1) is 0 Å². The molecule has 0 unspecified atom stereocenters. The third-order valence-electron chi connectivity index (χ3n) is 13.1. The van der Waals surface area contributed by atoms with Crippen LogP contribution in [0.4, 0.5) is 0 Å². The van der Waals surface area contributed by atoms with Crippen molar-refractivity contribution in [2.45, 2.75) is 132 Å². The van der Waals surface area contributed by atoms with Crippen LogP contribution in [0.3, 0.4) is 0 Å². The Kier molecular flexibility index (Phi) is 15.3. The number of aliphatic hydroxyl groups is 5. The molecular formula is C50H61N3O16. The lowest BCUT2D eigenvalue weighted by Crippen LogP contribution is -2.69. The van der Waals surface area contributed by atoms with Crippen molar-refractivity contribution >= 4 is 29.8 Å². The first-order valence-electron chi connectivity index (χ1n) is 23.3. The molecule has 12 atom stereocenters. The molecule has 0 spiro atoms. The lowest BCUT2D eigenvalue weighted by atomic mass is 9.62. The van der Waals surface area contributed by atoms with Gasteiger partial charge in [0.25, 0.3) is 0 Å². The standard InChI is InChI=1S/C50H61N3O16/c1-48(2,3)66-37(57)21-20-33(27-54)52-36(56)22-23-51-47(62)49-25-34-41-42(68-50(67-41,31-12-6-4-7-13-31)32-14-8-5-9-15-32)44(49)69-53(43(49)45(61)64-34)26-30-18-16-29(17-19-30)11-10-24-63-46-40(60)39(59)38(58)35(28-55)65-46/h4-19,33-35,38-44,46,54-55,58-60H,20-28H2,1-3H3,(H,51,62)(H,52,56)/t33-,34+,35+,38-,39-,40+,41-,42-,43-,44+,46-,49-/m0/s1. The number of ether oxygens (including phenoxy) is 6. The first kappa shape index (κ1) is 50.2. The molecule has 4 aliphatic heterocycles. The third kappa shape index (κ3) is 10.5. The van der Waals surface area contributed by atoms with E-state index < -0.39 is 121 Å². The predicted octanol–water partition coefficient (Wildman–Crippen LogP) is 1.11. The van der Waals surface area contributed by atoms with Crippen LogP contribution < -0.4 is 10.6 Å². The summed E-state index contributed by atoms with van der Waals surface area (Å²) < 4.78 is 36.5. The largest absolute Gasteiger partial charge is 0.460 e. The van der Waals surface area contributed by atoms with Gasteiger partial charge in [0, 0.05) is 36.9 Å². The minimum atomic E-state index is -1.56. The van der Waals surface area contributed by atoms with Crippen molar-refractivity contribution in [1.29, 1.82) is 0 Å². The summed E-state index contributed by atoms with van der Waals surface area (Å²) in [6, 6.07) is 24.1. The topological polar surface area (TPSA) is 261 Å². The van der Waals surface area contributed by atoms with Gasteiger partial charge < -0.3 is 64.6 Å². The molecule has 0 radical (unpaired) electrons. The first-order valence-corrected chi connectivity index (χ1v) is 23.3. The van der Waals surface area contributed by atoms with Crippen LogP contribution >= 0.6 is 0 Å². The van der Waals surface area contributed by atoms with Gasteiger partial charge in [-0.2, -0.15) is 5.06 Å². The number of rotatable bonds is 18. The van der Waals surface area contributed by atoms with Crippen LogP contribution in [-0.2, 0) is 64.8 Å². The summed E-state index contributed by atoms with van der Waals surface area (Å²) in [5.41, 5.74) is 0.612. The molecule has 0 aromatic heterocycles. The van der Waals surface area contributed by atoms with Gasteiger partial charge in [-0.05, 0) is 38.3 Å². The second-order valence-corrected chi connectivity index (χ2v) is 19.0. The quantitative estimate of drug-likeness (QED) is 0.0881. The van der Waals surface area contributed by atoms with Gasteiger partial charge in [0.2, 0.25) is 17.6 Å². The van der Waals surface area contributed by atoms with Gasteiger partial charge in [-0.3, -0.25) is 24.0 Å². The zero-order valence-electron chi connectivity index (χ0n) is 38.6. The fraction of sp³-hybridized carbons (Fsp3) is 0.520. The molecule has 372 valence electrons. The fourth-order valence-corrected chi connectivity index (χ4v) is 9.79. The number of esters is 2. The lowest BCUT2D eigenvalue weighted by Gasteiger charge is -2.48. The van der Waals surface area contributed by atoms with E-state index in [1.165, 1.54) is 5.06 Å². The number of hydrogen-bond donors (Lipinski definition) is 7. The molecule has 3 aromatic carbocycles. The lowest BCUT2D eigenvalue weighted by molar-refractivity contribution is -0.298. The molecule has 8 rings (SSSR count). The van der Waals surface area contributed by atoms with Crippen LogP contribution in [0.1, 0.15) is 68.7 Å². The van der Waals surface area contributed by atoms with E-state index in [9.17, 15) is 44.7 Å². The molecule has 5 aliphatic rings. The van der Waals surface area contributed by atoms with E-state index in [0.29, 0.717) is 11.1 Å². The van der Waals surface area contributed by atoms with Crippen molar-refractivity contribution in [2.24, 2.45) is 5.41 Å². The molecule has 19 heteroatoms. The summed E-state index contributed by atoms with van der Waals surface area (Å²) in [5, 5.41) is 56.9. The number of carbonyl (C=O) groups is 4. The molecule has 7 N–H and O–H groups in total. The minimum absolute atomic E-state index is 0.0177. The second kappa shape index (κ2) is 21.1. The molecule has 2 bridgehead atoms. The van der Waals surface area contributed by atoms with E-state index in [-0.39, 0.29) is 45.4 Å². The smallest absolute Gasteiger partial charge is 0.327 e. The molecule has 1 aliphatic carbocycles. The molecule has 3 aromatic rings. The summed E-state index contributed by atoms with van der Waals surface area (Å²) in [6.45, 7) is 4.16. The number of hydroxylamine groups is 2. The Morgan fingerprint density at radius 2 is 1.55 bits per heavy atom. The average molecular weight is 960 g/mol. The van der Waals surface area contributed by atoms with Crippen molar-refractivity contribution in [1.82, 2.24) is 15.7 Å². The van der Waals surface area contributed by atoms with Crippen LogP contribution in [0, 0.1) is 5.41 Å². The maximum Gasteiger partial charge on any atom is 0.327 e. The van der Waals surface area contributed by atoms with Crippen LogP contribution in [0.25, 0.3) is 6.08 Å². The van der Waals surface area contributed by atoms with Gasteiger partial charge in [-0.1, -0.05) is 97.1 Å². The Morgan fingerprint density at radius 3 is 2.19 bits per heavy atom. The van der Waals surface area contributed by atoms with E-state index >= 15 is 0 Å². The Bertz CT molecular complexity index is 2250. The zero-order chi connectivity index (χ0) is 49.1. The Morgan fingerprint density at radius 1 is 0.884 bits per heavy atom. The highest BCUT2D eigenvalue weighted by Gasteiger charge is 2.76. The summed E-state index contributed by atoms with van der Waals surface area (Å²) in [4.78, 5) is 61.4. The van der Waals surface area contributed by atoms with Crippen molar-refractivity contribution in [3.63, 3.8) is 0 Å². The number of nitrogens with one attached hydrogen (secondary N) is 2. The Labute approximate surface area is 399 Å². The molecule has 4 saturated heterocycles. The van der Waals surface area contributed by atoms with E-state index in [1.807, 2.05) is 84.9 Å². The fourth-order valence-electron chi connectivity index (χ4n) is 9.79. The van der Waals surface area contributed by atoms with Crippen molar-refractivity contribution in [3.05, 3.63) is 113 Å². The van der Waals surface area contributed by atoms with Crippen molar-refractivity contribution in [2.75, 3.05) is 26.4 Å². The van der Waals surface area contributed by atoms with Crippen LogP contribution in [0.5, 0.6) is 0 Å². The first-order chi connectivity index (χ1) is 33.1. The number of fused-ring (bicyclic) bond motifs is 4. The van der Waals surface area contributed by atoms with E-state index in [4.69, 9.17) is 33.3 Å². The number of carbonyl (C=O) groups excluding carboxylic acids is 4. The van der Waals surface area contributed by atoms with Gasteiger partial charge in [0.15, 0.2) is 12.3 Å². The Balaban J connectivity index is 0.997. The number of aliphatic hydroxyl groups excluding tert-OH is 5. The maximum absolute atomic E-state index is 14.9. The maximum atomic E-state index is 14.9. The number of amides is 2. The summed E-state index contributed by atoms with van der Waals surface area (Å²) in [5.74, 6) is -3.61. The molecule has 5 fully saturated rings. The monoisotopic (exact) mass is 959 g/mol. The van der Waals surface area contributed by atoms with Crippen molar-refractivity contribution < 1.29 is 78.0 Å². The number of benzene rings is 3. The van der Waals surface area contributed by atoms with Gasteiger partial charge >= 0.3 is 11.9 Å². The van der Waals surface area contributed by atoms with Gasteiger partial charge in [-0.25, -0.2) is 0 Å². The van der Waals surface area contributed by atoms with Crippen LogP contribution in [-0.4, -0.2) is 154 Å². The minimum Gasteiger partial charge on any atom is -0.460 e. The SMILES string of the molecule is CC(C)(C)OC(=O)CC[C@@H](CO)NC(=O)CCNC(=O)[C@@]12C[C@H]3OC(=O)[C@@H]1N(Cc1ccc(C=CCO[C@H]4O[C@H](CO)[C@H](O)[C@H](O)[C@H]4O)cc1)O[C@@H]2[C@H]1OC(c2ccccc2)(c2ccccc2)O[C@H]13. The number of nitrogens with zero attached hydrogens (tertiary/aromatic N) is 1. The average Bonchev–Trinajstić information content (AvgIpc) is 3.92. The van der Waals surface area contributed by atoms with Crippen LogP contribution in [0.15, 0.2) is 91.0 Å². The third-order valence-corrected chi connectivity index (χ3v) is 13.1. The molecular weight excluding hydrogens is 899 g/mol. The van der Waals surface area contributed by atoms with Crippen molar-refractivity contribution in [3.8, 4) is 0 Å². The zero-order valence-corrected chi connectivity index (χ0v) is 38.6. The summed E-state index contributed by atoms with van der Waals surface area (Å²) >= 11 is 0. The number of hydrogen-bond acceptors (Lipinski definition) is 17. The Hall–Kier alpha value is -5.16. The molecule has 19 nitrogen and oxygen atoms in total. The molecule has 1 saturated carbocycles. The van der Waals surface area contributed by atoms with Crippen LogP contribution in [0.2, 0.25) is 0 Å².